The predicted octanol–water partition coefficient (Wildman–Crippen LogP) is 3.24. The Labute approximate surface area is 110 Å². The third kappa shape index (κ3) is 3.31. The standard InChI is InChI=1S/C12H18BrN3O/c1-8-3-5-9(6-4-8)15-12-14-7-10(13)11(16-12)17-2/h7-9H,3-6H2,1-2H3,(H,14,15,16)/t8-,9+. The summed E-state index contributed by atoms with van der Waals surface area (Å²) in [4.78, 5) is 8.56. The van der Waals surface area contributed by atoms with E-state index in [4.69, 9.17) is 4.74 Å². The molecule has 4 nitrogen and oxygen atoms in total. The molecule has 0 aliphatic heterocycles. The summed E-state index contributed by atoms with van der Waals surface area (Å²) in [6, 6.07) is 0.497. The molecule has 0 atom stereocenters. The van der Waals surface area contributed by atoms with Crippen LogP contribution in [0.2, 0.25) is 0 Å². The molecule has 1 aliphatic rings. The van der Waals surface area contributed by atoms with Crippen molar-refractivity contribution in [3.8, 4) is 5.88 Å². The van der Waals surface area contributed by atoms with Crippen LogP contribution in [-0.4, -0.2) is 23.1 Å². The van der Waals surface area contributed by atoms with Gasteiger partial charge in [-0.05, 0) is 47.5 Å². The minimum atomic E-state index is 0.497. The lowest BCUT2D eigenvalue weighted by molar-refractivity contribution is 0.359. The van der Waals surface area contributed by atoms with Crippen molar-refractivity contribution < 1.29 is 4.74 Å². The second-order valence-corrected chi connectivity index (χ2v) is 5.51. The maximum Gasteiger partial charge on any atom is 0.232 e. The number of hydrogen-bond acceptors (Lipinski definition) is 4. The Morgan fingerprint density at radius 1 is 1.35 bits per heavy atom. The molecular formula is C12H18BrN3O. The third-order valence-corrected chi connectivity index (χ3v) is 3.80. The molecule has 0 radical (unpaired) electrons. The molecule has 2 rings (SSSR count). The maximum absolute atomic E-state index is 5.15. The highest BCUT2D eigenvalue weighted by Gasteiger charge is 2.19. The highest BCUT2D eigenvalue weighted by atomic mass is 79.9. The van der Waals surface area contributed by atoms with Crippen LogP contribution in [0.15, 0.2) is 10.7 Å². The Morgan fingerprint density at radius 3 is 2.71 bits per heavy atom. The van der Waals surface area contributed by atoms with Crippen molar-refractivity contribution in [1.82, 2.24) is 9.97 Å². The van der Waals surface area contributed by atoms with E-state index in [2.05, 4.69) is 38.1 Å². The molecule has 0 bridgehead atoms. The van der Waals surface area contributed by atoms with Gasteiger partial charge < -0.3 is 10.1 Å². The van der Waals surface area contributed by atoms with Crippen LogP contribution in [0.5, 0.6) is 5.88 Å². The molecule has 1 saturated carbocycles. The Hall–Kier alpha value is -0.840. The number of rotatable bonds is 3. The first-order valence-electron chi connectivity index (χ1n) is 6.02. The second-order valence-electron chi connectivity index (χ2n) is 4.65. The Morgan fingerprint density at radius 2 is 2.06 bits per heavy atom. The maximum atomic E-state index is 5.15. The lowest BCUT2D eigenvalue weighted by atomic mass is 9.87. The van der Waals surface area contributed by atoms with Gasteiger partial charge in [0.1, 0.15) is 0 Å². The number of aromatic nitrogens is 2. The van der Waals surface area contributed by atoms with E-state index in [0.717, 1.165) is 10.4 Å². The normalized spacial score (nSPS) is 24.4. The van der Waals surface area contributed by atoms with E-state index in [0.29, 0.717) is 17.9 Å². The smallest absolute Gasteiger partial charge is 0.232 e. The van der Waals surface area contributed by atoms with Crippen LogP contribution in [0, 0.1) is 5.92 Å². The fourth-order valence-electron chi connectivity index (χ4n) is 2.15. The van der Waals surface area contributed by atoms with E-state index in [1.165, 1.54) is 25.7 Å². The Kier molecular flexibility index (Phi) is 4.20. The molecule has 0 aromatic carbocycles. The number of methoxy groups -OCH3 is 1. The summed E-state index contributed by atoms with van der Waals surface area (Å²) in [6.45, 7) is 2.31. The molecule has 17 heavy (non-hydrogen) atoms. The largest absolute Gasteiger partial charge is 0.480 e. The summed E-state index contributed by atoms with van der Waals surface area (Å²) in [6.07, 6.45) is 6.68. The van der Waals surface area contributed by atoms with E-state index < -0.39 is 0 Å². The van der Waals surface area contributed by atoms with Crippen LogP contribution in [0.4, 0.5) is 5.95 Å². The Bertz CT molecular complexity index is 378. The minimum Gasteiger partial charge on any atom is -0.480 e. The third-order valence-electron chi connectivity index (χ3n) is 3.25. The quantitative estimate of drug-likeness (QED) is 0.931. The van der Waals surface area contributed by atoms with Crippen LogP contribution in [0.25, 0.3) is 0 Å². The van der Waals surface area contributed by atoms with Crippen molar-refractivity contribution in [3.63, 3.8) is 0 Å². The van der Waals surface area contributed by atoms with E-state index >= 15 is 0 Å². The average molecular weight is 300 g/mol. The van der Waals surface area contributed by atoms with Crippen molar-refractivity contribution >= 4 is 21.9 Å². The van der Waals surface area contributed by atoms with E-state index in [9.17, 15) is 0 Å². The first-order valence-corrected chi connectivity index (χ1v) is 6.81. The van der Waals surface area contributed by atoms with Crippen LogP contribution in [0.1, 0.15) is 32.6 Å². The minimum absolute atomic E-state index is 0.497. The molecule has 0 unspecified atom stereocenters. The van der Waals surface area contributed by atoms with Gasteiger partial charge in [0.2, 0.25) is 11.8 Å². The van der Waals surface area contributed by atoms with Crippen molar-refractivity contribution in [3.05, 3.63) is 10.7 Å². The molecule has 1 aliphatic carbocycles. The number of ether oxygens (including phenoxy) is 1. The van der Waals surface area contributed by atoms with Gasteiger partial charge in [-0.1, -0.05) is 6.92 Å². The Balaban J connectivity index is 1.99. The van der Waals surface area contributed by atoms with Crippen LogP contribution >= 0.6 is 15.9 Å². The molecule has 1 aromatic heterocycles. The molecule has 0 saturated heterocycles. The van der Waals surface area contributed by atoms with Gasteiger partial charge in [-0.15, -0.1) is 0 Å². The lowest BCUT2D eigenvalue weighted by Gasteiger charge is -2.26. The van der Waals surface area contributed by atoms with Crippen LogP contribution in [-0.2, 0) is 0 Å². The monoisotopic (exact) mass is 299 g/mol. The van der Waals surface area contributed by atoms with Gasteiger partial charge in [0.25, 0.3) is 0 Å². The van der Waals surface area contributed by atoms with Gasteiger partial charge in [-0.2, -0.15) is 4.98 Å². The van der Waals surface area contributed by atoms with Gasteiger partial charge in [0.05, 0.1) is 17.8 Å². The van der Waals surface area contributed by atoms with Gasteiger partial charge >= 0.3 is 0 Å². The molecule has 94 valence electrons. The summed E-state index contributed by atoms with van der Waals surface area (Å²) in [5, 5.41) is 3.38. The molecule has 0 amide bonds. The van der Waals surface area contributed by atoms with E-state index in [1.54, 1.807) is 13.3 Å². The first kappa shape index (κ1) is 12.6. The summed E-state index contributed by atoms with van der Waals surface area (Å²) >= 11 is 3.35. The van der Waals surface area contributed by atoms with Gasteiger partial charge in [0.15, 0.2) is 0 Å². The zero-order valence-electron chi connectivity index (χ0n) is 10.2. The highest BCUT2D eigenvalue weighted by molar-refractivity contribution is 9.10. The number of hydrogen-bond donors (Lipinski definition) is 1. The van der Waals surface area contributed by atoms with Crippen molar-refractivity contribution in [2.75, 3.05) is 12.4 Å². The molecule has 5 heteroatoms. The van der Waals surface area contributed by atoms with Crippen molar-refractivity contribution in [2.24, 2.45) is 5.92 Å². The number of nitrogens with one attached hydrogen (secondary N) is 1. The SMILES string of the molecule is COc1nc(N[C@H]2CC[C@@H](C)CC2)ncc1Br. The van der Waals surface area contributed by atoms with Crippen LogP contribution < -0.4 is 10.1 Å². The average Bonchev–Trinajstić information content (AvgIpc) is 2.34. The lowest BCUT2D eigenvalue weighted by Crippen LogP contribution is -2.26. The topological polar surface area (TPSA) is 47.0 Å². The first-order chi connectivity index (χ1) is 8.19. The molecule has 1 N–H and O–H groups in total. The highest BCUT2D eigenvalue weighted by Crippen LogP contribution is 2.26. The predicted molar refractivity (Wildman–Crippen MR) is 71.3 cm³/mol. The summed E-state index contributed by atoms with van der Waals surface area (Å²) in [7, 11) is 1.61. The molecule has 0 spiro atoms. The number of anilines is 1. The fourth-order valence-corrected chi connectivity index (χ4v) is 2.50. The summed E-state index contributed by atoms with van der Waals surface area (Å²) < 4.78 is 5.93. The zero-order valence-corrected chi connectivity index (χ0v) is 11.8. The number of nitrogens with zero attached hydrogens (tertiary/aromatic N) is 2. The summed E-state index contributed by atoms with van der Waals surface area (Å²) in [5.41, 5.74) is 0. The molecule has 1 aromatic rings. The van der Waals surface area contributed by atoms with E-state index in [-0.39, 0.29) is 0 Å². The fraction of sp³-hybridized carbons (Fsp3) is 0.667. The molecule has 1 heterocycles. The van der Waals surface area contributed by atoms with Gasteiger partial charge in [0, 0.05) is 6.04 Å². The van der Waals surface area contributed by atoms with E-state index in [1.807, 2.05) is 0 Å². The zero-order chi connectivity index (χ0) is 12.3. The second kappa shape index (κ2) is 5.67. The van der Waals surface area contributed by atoms with Crippen molar-refractivity contribution in [2.45, 2.75) is 38.6 Å². The molecular weight excluding hydrogens is 282 g/mol. The number of halogens is 1. The summed E-state index contributed by atoms with van der Waals surface area (Å²) in [5.74, 6) is 2.09. The van der Waals surface area contributed by atoms with Crippen molar-refractivity contribution in [1.29, 1.82) is 0 Å². The molecule has 1 fully saturated rings. The van der Waals surface area contributed by atoms with Crippen LogP contribution in [0.3, 0.4) is 0 Å². The van der Waals surface area contributed by atoms with Gasteiger partial charge in [-0.25, -0.2) is 4.98 Å². The van der Waals surface area contributed by atoms with Gasteiger partial charge in [-0.3, -0.25) is 0 Å².